The summed E-state index contributed by atoms with van der Waals surface area (Å²) in [7, 11) is 1.66. The van der Waals surface area contributed by atoms with Gasteiger partial charge in [-0.25, -0.2) is 0 Å². The van der Waals surface area contributed by atoms with Crippen molar-refractivity contribution in [1.29, 1.82) is 0 Å². The molecule has 0 heterocycles. The normalized spacial score (nSPS) is 10.7. The molecule has 0 atom stereocenters. The van der Waals surface area contributed by atoms with Gasteiger partial charge < -0.3 is 4.74 Å². The summed E-state index contributed by atoms with van der Waals surface area (Å²) in [5, 5.41) is 4.22. The van der Waals surface area contributed by atoms with Crippen molar-refractivity contribution >= 4 is 27.8 Å². The Balaban J connectivity index is 2.51. The molecule has 0 aliphatic rings. The second kappa shape index (κ2) is 4.15. The Bertz CT molecular complexity index is 745. The van der Waals surface area contributed by atoms with Gasteiger partial charge in [-0.15, -0.1) is 0 Å². The molecule has 0 radical (unpaired) electrons. The molecule has 0 aromatic heterocycles. The number of hydrogen-bond donors (Lipinski definition) is 0. The van der Waals surface area contributed by atoms with Crippen LogP contribution in [0.1, 0.15) is 10.4 Å². The standard InChI is InChI=1S/C16H12O2/c1-18-13-7-6-11-8-12(10-17)14-4-2-3-5-15(14)16(11)9-13/h2-10H,1H3. The molecule has 0 fully saturated rings. The van der Waals surface area contributed by atoms with Crippen LogP contribution in [0.2, 0.25) is 0 Å². The summed E-state index contributed by atoms with van der Waals surface area (Å²) >= 11 is 0. The molecule has 0 unspecified atom stereocenters. The molecule has 0 bridgehead atoms. The number of hydrogen-bond acceptors (Lipinski definition) is 2. The van der Waals surface area contributed by atoms with Crippen molar-refractivity contribution in [2.45, 2.75) is 0 Å². The Labute approximate surface area is 105 Å². The van der Waals surface area contributed by atoms with Crippen molar-refractivity contribution in [3.63, 3.8) is 0 Å². The van der Waals surface area contributed by atoms with Gasteiger partial charge in [0.25, 0.3) is 0 Å². The minimum absolute atomic E-state index is 0.725. The Hall–Kier alpha value is -2.35. The maximum Gasteiger partial charge on any atom is 0.150 e. The number of ether oxygens (including phenoxy) is 1. The molecule has 3 rings (SSSR count). The summed E-state index contributed by atoms with van der Waals surface area (Å²) in [6.45, 7) is 0. The number of benzene rings is 3. The third-order valence-corrected chi connectivity index (χ3v) is 3.23. The smallest absolute Gasteiger partial charge is 0.150 e. The Kier molecular flexibility index (Phi) is 2.49. The molecule has 2 nitrogen and oxygen atoms in total. The summed E-state index contributed by atoms with van der Waals surface area (Å²) in [5.41, 5.74) is 0.725. The minimum atomic E-state index is 0.725. The van der Waals surface area contributed by atoms with Gasteiger partial charge in [0.2, 0.25) is 0 Å². The second-order valence-corrected chi connectivity index (χ2v) is 4.22. The average Bonchev–Trinajstić information content (AvgIpc) is 2.45. The number of fused-ring (bicyclic) bond motifs is 3. The highest BCUT2D eigenvalue weighted by molar-refractivity contribution is 6.13. The van der Waals surface area contributed by atoms with E-state index in [9.17, 15) is 4.79 Å². The molecule has 0 N–H and O–H groups in total. The summed E-state index contributed by atoms with van der Waals surface area (Å²) in [4.78, 5) is 11.2. The van der Waals surface area contributed by atoms with Gasteiger partial charge >= 0.3 is 0 Å². The van der Waals surface area contributed by atoms with Gasteiger partial charge in [-0.3, -0.25) is 4.79 Å². The van der Waals surface area contributed by atoms with Crippen LogP contribution in [-0.2, 0) is 0 Å². The Morgan fingerprint density at radius 1 is 0.944 bits per heavy atom. The molecule has 3 aromatic rings. The SMILES string of the molecule is COc1ccc2cc(C=O)c3ccccc3c2c1. The van der Waals surface area contributed by atoms with Crippen molar-refractivity contribution in [1.82, 2.24) is 0 Å². The maximum absolute atomic E-state index is 11.2. The highest BCUT2D eigenvalue weighted by Gasteiger charge is 2.06. The van der Waals surface area contributed by atoms with Crippen LogP contribution in [0.25, 0.3) is 21.5 Å². The van der Waals surface area contributed by atoms with E-state index < -0.39 is 0 Å². The molecular weight excluding hydrogens is 224 g/mol. The lowest BCUT2D eigenvalue weighted by Crippen LogP contribution is -1.87. The maximum atomic E-state index is 11.2. The first-order chi connectivity index (χ1) is 8.83. The fraction of sp³-hybridized carbons (Fsp3) is 0.0625. The van der Waals surface area contributed by atoms with E-state index in [1.165, 1.54) is 0 Å². The van der Waals surface area contributed by atoms with E-state index in [0.29, 0.717) is 0 Å². The van der Waals surface area contributed by atoms with Crippen LogP contribution in [0.3, 0.4) is 0 Å². The second-order valence-electron chi connectivity index (χ2n) is 4.22. The highest BCUT2D eigenvalue weighted by Crippen LogP contribution is 2.30. The van der Waals surface area contributed by atoms with Crippen LogP contribution in [0.15, 0.2) is 48.5 Å². The molecule has 0 spiro atoms. The van der Waals surface area contributed by atoms with Gasteiger partial charge in [0.15, 0.2) is 6.29 Å². The van der Waals surface area contributed by atoms with Gasteiger partial charge in [0.05, 0.1) is 7.11 Å². The summed E-state index contributed by atoms with van der Waals surface area (Å²) < 4.78 is 5.26. The minimum Gasteiger partial charge on any atom is -0.497 e. The zero-order valence-electron chi connectivity index (χ0n) is 10.0. The van der Waals surface area contributed by atoms with Crippen LogP contribution in [0, 0.1) is 0 Å². The van der Waals surface area contributed by atoms with Crippen LogP contribution in [-0.4, -0.2) is 13.4 Å². The van der Waals surface area contributed by atoms with E-state index >= 15 is 0 Å². The van der Waals surface area contributed by atoms with Crippen molar-refractivity contribution < 1.29 is 9.53 Å². The summed E-state index contributed by atoms with van der Waals surface area (Å²) in [5.74, 6) is 0.825. The molecule has 0 amide bonds. The van der Waals surface area contributed by atoms with Gasteiger partial charge in [-0.1, -0.05) is 30.3 Å². The van der Waals surface area contributed by atoms with Crippen LogP contribution < -0.4 is 4.74 Å². The van der Waals surface area contributed by atoms with E-state index in [1.807, 2.05) is 48.5 Å². The number of rotatable bonds is 2. The van der Waals surface area contributed by atoms with E-state index in [1.54, 1.807) is 7.11 Å². The number of aldehydes is 1. The predicted octanol–water partition coefficient (Wildman–Crippen LogP) is 3.81. The van der Waals surface area contributed by atoms with E-state index in [-0.39, 0.29) is 0 Å². The fourth-order valence-electron chi connectivity index (χ4n) is 2.33. The first-order valence-electron chi connectivity index (χ1n) is 5.78. The molecule has 0 saturated carbocycles. The van der Waals surface area contributed by atoms with Gasteiger partial charge in [0.1, 0.15) is 5.75 Å². The van der Waals surface area contributed by atoms with Gasteiger partial charge in [0, 0.05) is 5.56 Å². The first kappa shape index (κ1) is 10.8. The molecular formula is C16H12O2. The molecule has 88 valence electrons. The van der Waals surface area contributed by atoms with Crippen LogP contribution in [0.4, 0.5) is 0 Å². The topological polar surface area (TPSA) is 26.3 Å². The Morgan fingerprint density at radius 3 is 2.44 bits per heavy atom. The predicted molar refractivity (Wildman–Crippen MR) is 73.4 cm³/mol. The molecule has 3 aromatic carbocycles. The number of methoxy groups -OCH3 is 1. The van der Waals surface area contributed by atoms with Crippen LogP contribution >= 0.6 is 0 Å². The average molecular weight is 236 g/mol. The lowest BCUT2D eigenvalue weighted by molar-refractivity contribution is 0.112. The largest absolute Gasteiger partial charge is 0.497 e. The van der Waals surface area contributed by atoms with Crippen molar-refractivity contribution in [3.8, 4) is 5.75 Å². The molecule has 0 saturated heterocycles. The fourth-order valence-corrected chi connectivity index (χ4v) is 2.33. The summed E-state index contributed by atoms with van der Waals surface area (Å²) in [6, 6.07) is 15.7. The molecule has 0 aliphatic carbocycles. The quantitative estimate of drug-likeness (QED) is 0.499. The highest BCUT2D eigenvalue weighted by atomic mass is 16.5. The van der Waals surface area contributed by atoms with Gasteiger partial charge in [-0.2, -0.15) is 0 Å². The lowest BCUT2D eigenvalue weighted by Gasteiger charge is -2.08. The third-order valence-electron chi connectivity index (χ3n) is 3.23. The summed E-state index contributed by atoms with van der Waals surface area (Å²) in [6.07, 6.45) is 0.909. The molecule has 18 heavy (non-hydrogen) atoms. The van der Waals surface area contributed by atoms with Crippen LogP contribution in [0.5, 0.6) is 5.75 Å². The zero-order valence-corrected chi connectivity index (χ0v) is 10.0. The monoisotopic (exact) mass is 236 g/mol. The number of carbonyl (C=O) groups is 1. The zero-order chi connectivity index (χ0) is 12.5. The lowest BCUT2D eigenvalue weighted by atomic mass is 9.98. The van der Waals surface area contributed by atoms with E-state index in [2.05, 4.69) is 0 Å². The molecule has 2 heteroatoms. The Morgan fingerprint density at radius 2 is 1.72 bits per heavy atom. The van der Waals surface area contributed by atoms with Gasteiger partial charge in [-0.05, 0) is 39.7 Å². The van der Waals surface area contributed by atoms with E-state index in [0.717, 1.165) is 39.1 Å². The van der Waals surface area contributed by atoms with E-state index in [4.69, 9.17) is 4.74 Å². The molecule has 0 aliphatic heterocycles. The number of carbonyl (C=O) groups excluding carboxylic acids is 1. The van der Waals surface area contributed by atoms with Crippen molar-refractivity contribution in [2.75, 3.05) is 7.11 Å². The first-order valence-corrected chi connectivity index (χ1v) is 5.78. The van der Waals surface area contributed by atoms with Crippen molar-refractivity contribution in [2.24, 2.45) is 0 Å². The third kappa shape index (κ3) is 1.54. The van der Waals surface area contributed by atoms with Crippen molar-refractivity contribution in [3.05, 3.63) is 54.1 Å².